The predicted octanol–water partition coefficient (Wildman–Crippen LogP) is 3.96. The number of hydrogen-bond donors (Lipinski definition) is 1. The number of hydrogen-bond acceptors (Lipinski definition) is 2. The summed E-state index contributed by atoms with van der Waals surface area (Å²) in [6, 6.07) is 5.12. The Labute approximate surface area is 126 Å². The zero-order valence-corrected chi connectivity index (χ0v) is 13.0. The van der Waals surface area contributed by atoms with Gasteiger partial charge in [0.2, 0.25) is 0 Å². The van der Waals surface area contributed by atoms with Crippen LogP contribution in [0, 0.1) is 5.41 Å². The molecule has 1 fully saturated rings. The van der Waals surface area contributed by atoms with Crippen molar-refractivity contribution in [3.8, 4) is 0 Å². The Hall–Kier alpha value is -1.22. The van der Waals surface area contributed by atoms with Crippen LogP contribution in [0.5, 0.6) is 0 Å². The van der Waals surface area contributed by atoms with Crippen molar-refractivity contribution in [2.75, 3.05) is 18.8 Å². The molecule has 0 atom stereocenters. The Balaban J connectivity index is 2.06. The van der Waals surface area contributed by atoms with Gasteiger partial charge in [-0.05, 0) is 36.5 Å². The van der Waals surface area contributed by atoms with E-state index in [-0.39, 0.29) is 5.91 Å². The van der Waals surface area contributed by atoms with Crippen molar-refractivity contribution in [3.05, 3.63) is 28.8 Å². The number of nitrogens with two attached hydrogens (primary N) is 1. The molecule has 0 saturated carbocycles. The second-order valence-corrected chi connectivity index (χ2v) is 6.14. The Morgan fingerprint density at radius 1 is 1.30 bits per heavy atom. The molecule has 1 aromatic carbocycles. The lowest BCUT2D eigenvalue weighted by molar-refractivity contribution is 0.0558. The van der Waals surface area contributed by atoms with Gasteiger partial charge < -0.3 is 10.6 Å². The van der Waals surface area contributed by atoms with Crippen LogP contribution in [0.3, 0.4) is 0 Å². The van der Waals surface area contributed by atoms with E-state index in [1.165, 1.54) is 12.8 Å². The highest BCUT2D eigenvalue weighted by atomic mass is 35.5. The Kier molecular flexibility index (Phi) is 4.59. The van der Waals surface area contributed by atoms with Crippen molar-refractivity contribution < 1.29 is 4.79 Å². The second-order valence-electron chi connectivity index (χ2n) is 5.74. The van der Waals surface area contributed by atoms with Gasteiger partial charge in [0.1, 0.15) is 0 Å². The minimum atomic E-state index is 0.0627. The van der Waals surface area contributed by atoms with Crippen LogP contribution in [-0.2, 0) is 0 Å². The van der Waals surface area contributed by atoms with Gasteiger partial charge in [0.25, 0.3) is 5.91 Å². The number of benzene rings is 1. The van der Waals surface area contributed by atoms with Crippen molar-refractivity contribution in [2.24, 2.45) is 5.41 Å². The molecule has 20 heavy (non-hydrogen) atoms. The van der Waals surface area contributed by atoms with Crippen LogP contribution in [0.1, 0.15) is 49.9 Å². The molecule has 0 spiro atoms. The summed E-state index contributed by atoms with van der Waals surface area (Å²) < 4.78 is 0. The third kappa shape index (κ3) is 2.93. The highest BCUT2D eigenvalue weighted by molar-refractivity contribution is 6.33. The number of nitrogen functional groups attached to an aromatic ring is 1. The fourth-order valence-corrected chi connectivity index (χ4v) is 3.16. The summed E-state index contributed by atoms with van der Waals surface area (Å²) in [7, 11) is 0. The van der Waals surface area contributed by atoms with E-state index in [0.717, 1.165) is 25.9 Å². The highest BCUT2D eigenvalue weighted by Crippen LogP contribution is 2.38. The first-order chi connectivity index (χ1) is 9.51. The Morgan fingerprint density at radius 3 is 2.40 bits per heavy atom. The monoisotopic (exact) mass is 294 g/mol. The molecule has 3 nitrogen and oxygen atoms in total. The lowest BCUT2D eigenvalue weighted by Gasteiger charge is -2.41. The summed E-state index contributed by atoms with van der Waals surface area (Å²) in [5.74, 6) is 0.0627. The van der Waals surface area contributed by atoms with E-state index in [1.54, 1.807) is 18.2 Å². The second kappa shape index (κ2) is 6.04. The van der Waals surface area contributed by atoms with Crippen molar-refractivity contribution >= 4 is 23.2 Å². The van der Waals surface area contributed by atoms with Gasteiger partial charge in [-0.2, -0.15) is 0 Å². The minimum absolute atomic E-state index is 0.0627. The molecule has 1 aliphatic rings. The fourth-order valence-electron chi connectivity index (χ4n) is 2.98. The topological polar surface area (TPSA) is 46.3 Å². The molecule has 1 saturated heterocycles. The largest absolute Gasteiger partial charge is 0.398 e. The first-order valence-corrected chi connectivity index (χ1v) is 7.73. The molecule has 0 unspecified atom stereocenters. The molecule has 4 heteroatoms. The van der Waals surface area contributed by atoms with E-state index in [9.17, 15) is 4.79 Å². The molecule has 1 aliphatic heterocycles. The number of carbonyl (C=O) groups excluding carboxylic acids is 1. The average molecular weight is 295 g/mol. The molecular formula is C16H23ClN2O. The molecule has 0 bridgehead atoms. The molecule has 1 heterocycles. The van der Waals surface area contributed by atoms with Gasteiger partial charge in [0.05, 0.1) is 10.7 Å². The van der Waals surface area contributed by atoms with Crippen molar-refractivity contribution in [3.63, 3.8) is 0 Å². The van der Waals surface area contributed by atoms with Crippen LogP contribution in [0.4, 0.5) is 5.69 Å². The summed E-state index contributed by atoms with van der Waals surface area (Å²) in [5.41, 5.74) is 7.25. The number of likely N-dealkylation sites (tertiary alicyclic amines) is 1. The Morgan fingerprint density at radius 2 is 1.90 bits per heavy atom. The first kappa shape index (κ1) is 15.2. The Bertz CT molecular complexity index is 487. The van der Waals surface area contributed by atoms with E-state index in [2.05, 4.69) is 13.8 Å². The number of halogens is 1. The molecule has 2 N–H and O–H groups in total. The van der Waals surface area contributed by atoms with Gasteiger partial charge in [-0.3, -0.25) is 4.79 Å². The molecular weight excluding hydrogens is 272 g/mol. The summed E-state index contributed by atoms with van der Waals surface area (Å²) in [5, 5.41) is 0.448. The zero-order chi connectivity index (χ0) is 14.8. The van der Waals surface area contributed by atoms with Crippen LogP contribution in [0.2, 0.25) is 5.02 Å². The molecule has 2 rings (SSSR count). The summed E-state index contributed by atoms with van der Waals surface area (Å²) in [6.07, 6.45) is 4.57. The van der Waals surface area contributed by atoms with Crippen LogP contribution in [-0.4, -0.2) is 23.9 Å². The quantitative estimate of drug-likeness (QED) is 0.858. The van der Waals surface area contributed by atoms with Crippen LogP contribution in [0.25, 0.3) is 0 Å². The summed E-state index contributed by atoms with van der Waals surface area (Å²) >= 11 is 5.99. The average Bonchev–Trinajstić information content (AvgIpc) is 2.49. The van der Waals surface area contributed by atoms with Gasteiger partial charge in [-0.15, -0.1) is 0 Å². The van der Waals surface area contributed by atoms with Gasteiger partial charge in [0.15, 0.2) is 0 Å². The van der Waals surface area contributed by atoms with Gasteiger partial charge in [-0.1, -0.05) is 38.3 Å². The number of carbonyl (C=O) groups is 1. The number of rotatable bonds is 3. The van der Waals surface area contributed by atoms with E-state index in [1.807, 2.05) is 4.90 Å². The molecule has 0 radical (unpaired) electrons. The first-order valence-electron chi connectivity index (χ1n) is 7.35. The smallest absolute Gasteiger partial charge is 0.253 e. The zero-order valence-electron chi connectivity index (χ0n) is 12.3. The van der Waals surface area contributed by atoms with Gasteiger partial charge >= 0.3 is 0 Å². The van der Waals surface area contributed by atoms with Crippen LogP contribution < -0.4 is 5.73 Å². The van der Waals surface area contributed by atoms with E-state index in [4.69, 9.17) is 17.3 Å². The molecule has 1 aromatic rings. The number of nitrogens with zero attached hydrogens (tertiary/aromatic N) is 1. The highest BCUT2D eigenvalue weighted by Gasteiger charge is 2.33. The van der Waals surface area contributed by atoms with Crippen LogP contribution >= 0.6 is 11.6 Å². The van der Waals surface area contributed by atoms with Crippen molar-refractivity contribution in [1.29, 1.82) is 0 Å². The normalized spacial score (nSPS) is 18.1. The number of amides is 1. The molecule has 0 aliphatic carbocycles. The van der Waals surface area contributed by atoms with E-state index < -0.39 is 0 Å². The van der Waals surface area contributed by atoms with Crippen LogP contribution in [0.15, 0.2) is 18.2 Å². The lowest BCUT2D eigenvalue weighted by atomic mass is 9.74. The third-order valence-electron chi connectivity index (χ3n) is 4.86. The fraction of sp³-hybridized carbons (Fsp3) is 0.562. The standard InChI is InChI=1S/C16H23ClN2O/c1-3-16(4-2)7-9-19(10-8-16)15(20)12-5-6-14(18)13(17)11-12/h5-6,11H,3-4,7-10,18H2,1-2H3. The van der Waals surface area contributed by atoms with Gasteiger partial charge in [-0.25, -0.2) is 0 Å². The molecule has 1 amide bonds. The number of anilines is 1. The predicted molar refractivity (Wildman–Crippen MR) is 84.0 cm³/mol. The summed E-state index contributed by atoms with van der Waals surface area (Å²) in [4.78, 5) is 14.4. The molecule has 0 aromatic heterocycles. The SMILES string of the molecule is CCC1(CC)CCN(C(=O)c2ccc(N)c(Cl)c2)CC1. The maximum Gasteiger partial charge on any atom is 0.253 e. The maximum absolute atomic E-state index is 12.5. The van der Waals surface area contributed by atoms with Gasteiger partial charge in [0, 0.05) is 18.7 Å². The lowest BCUT2D eigenvalue weighted by Crippen LogP contribution is -2.42. The maximum atomic E-state index is 12.5. The van der Waals surface area contributed by atoms with E-state index >= 15 is 0 Å². The van der Waals surface area contributed by atoms with Crippen molar-refractivity contribution in [1.82, 2.24) is 4.90 Å². The summed E-state index contributed by atoms with van der Waals surface area (Å²) in [6.45, 7) is 6.17. The number of piperidine rings is 1. The minimum Gasteiger partial charge on any atom is -0.398 e. The van der Waals surface area contributed by atoms with Crippen molar-refractivity contribution in [2.45, 2.75) is 39.5 Å². The third-order valence-corrected chi connectivity index (χ3v) is 5.19. The molecule has 110 valence electrons. The van der Waals surface area contributed by atoms with E-state index in [0.29, 0.717) is 21.7 Å².